The van der Waals surface area contributed by atoms with E-state index in [4.69, 9.17) is 0 Å². The van der Waals surface area contributed by atoms with Crippen molar-refractivity contribution in [3.05, 3.63) is 82.9 Å². The molecule has 1 unspecified atom stereocenters. The maximum atomic E-state index is 13.9. The van der Waals surface area contributed by atoms with Crippen LogP contribution in [-0.4, -0.2) is 51.7 Å². The van der Waals surface area contributed by atoms with Crippen molar-refractivity contribution in [2.75, 3.05) is 13.1 Å². The Hall–Kier alpha value is -4.00. The molecule has 2 aliphatic heterocycles. The fraction of sp³-hybridized carbons (Fsp3) is 0.333. The lowest BCUT2D eigenvalue weighted by Crippen LogP contribution is -2.50. The summed E-state index contributed by atoms with van der Waals surface area (Å²) in [6, 6.07) is 18.3. The van der Waals surface area contributed by atoms with E-state index in [1.54, 1.807) is 11.0 Å². The van der Waals surface area contributed by atoms with E-state index in [1.807, 2.05) is 54.6 Å². The number of benzene rings is 3. The molecule has 0 bridgehead atoms. The third-order valence-electron chi connectivity index (χ3n) is 8.31. The van der Waals surface area contributed by atoms with Gasteiger partial charge in [0.1, 0.15) is 0 Å². The number of carboxylic acid groups (broad SMARTS) is 1. The second kappa shape index (κ2) is 9.14. The Bertz CT molecular complexity index is 1450. The van der Waals surface area contributed by atoms with Crippen LogP contribution in [0.5, 0.6) is 0 Å². The SMILES string of the molecule is O=C(O)[C@@H]1CCCC[C@@H]1C(=O)N1CCc2ccccc2C1CN1C(=O)c2ccc3ccccc3c2C1=O. The number of carboxylic acids is 1. The first kappa shape index (κ1) is 23.4. The summed E-state index contributed by atoms with van der Waals surface area (Å²) in [4.78, 5) is 56.0. The predicted molar refractivity (Wildman–Crippen MR) is 137 cm³/mol. The third kappa shape index (κ3) is 3.80. The topological polar surface area (TPSA) is 95.0 Å². The first-order valence-electron chi connectivity index (χ1n) is 12.9. The van der Waals surface area contributed by atoms with Crippen LogP contribution in [0.15, 0.2) is 60.7 Å². The molecule has 3 aromatic carbocycles. The van der Waals surface area contributed by atoms with Crippen molar-refractivity contribution in [1.82, 2.24) is 9.80 Å². The first-order valence-corrected chi connectivity index (χ1v) is 12.9. The lowest BCUT2D eigenvalue weighted by Gasteiger charge is -2.42. The van der Waals surface area contributed by atoms with Crippen molar-refractivity contribution < 1.29 is 24.3 Å². The van der Waals surface area contributed by atoms with E-state index in [9.17, 15) is 24.3 Å². The van der Waals surface area contributed by atoms with E-state index in [2.05, 4.69) is 0 Å². The molecule has 188 valence electrons. The summed E-state index contributed by atoms with van der Waals surface area (Å²) in [6.45, 7) is 0.462. The number of carbonyl (C=O) groups is 4. The van der Waals surface area contributed by atoms with E-state index in [-0.39, 0.29) is 24.3 Å². The van der Waals surface area contributed by atoms with Crippen LogP contribution in [0.1, 0.15) is 63.6 Å². The standard InChI is InChI=1S/C30H28N2O5/c33-27(22-11-5-6-12-23(22)30(36)37)31-16-15-19-8-1-3-9-20(19)25(31)17-32-28(34)24-14-13-18-7-2-4-10-21(18)26(24)29(32)35/h1-4,7-10,13-14,22-23,25H,5-6,11-12,15-17H2,(H,36,37)/t22-,23+,25?/m0/s1. The van der Waals surface area contributed by atoms with Gasteiger partial charge in [-0.05, 0) is 47.2 Å². The number of rotatable bonds is 4. The molecule has 7 nitrogen and oxygen atoms in total. The van der Waals surface area contributed by atoms with Crippen LogP contribution in [-0.2, 0) is 16.0 Å². The molecule has 1 N–H and O–H groups in total. The van der Waals surface area contributed by atoms with Crippen molar-refractivity contribution in [1.29, 1.82) is 0 Å². The first-order chi connectivity index (χ1) is 18.0. The highest BCUT2D eigenvalue weighted by molar-refractivity contribution is 6.26. The molecule has 0 saturated heterocycles. The van der Waals surface area contributed by atoms with Gasteiger partial charge in [-0.1, -0.05) is 67.4 Å². The van der Waals surface area contributed by atoms with Gasteiger partial charge < -0.3 is 10.0 Å². The number of hydrogen-bond donors (Lipinski definition) is 1. The smallest absolute Gasteiger partial charge is 0.307 e. The fourth-order valence-corrected chi connectivity index (χ4v) is 6.44. The minimum atomic E-state index is -0.931. The van der Waals surface area contributed by atoms with E-state index >= 15 is 0 Å². The largest absolute Gasteiger partial charge is 0.481 e. The number of amides is 3. The second-order valence-corrected chi connectivity index (χ2v) is 10.3. The maximum absolute atomic E-state index is 13.9. The fourth-order valence-electron chi connectivity index (χ4n) is 6.44. The molecule has 37 heavy (non-hydrogen) atoms. The number of fused-ring (bicyclic) bond motifs is 4. The Kier molecular flexibility index (Phi) is 5.78. The van der Waals surface area contributed by atoms with E-state index in [1.165, 1.54) is 4.90 Å². The second-order valence-electron chi connectivity index (χ2n) is 10.3. The number of nitrogens with zero attached hydrogens (tertiary/aromatic N) is 2. The summed E-state index contributed by atoms with van der Waals surface area (Å²) >= 11 is 0. The normalized spacial score (nSPS) is 23.2. The average molecular weight is 497 g/mol. The van der Waals surface area contributed by atoms with Crippen LogP contribution < -0.4 is 0 Å². The van der Waals surface area contributed by atoms with Gasteiger partial charge in [0, 0.05) is 6.54 Å². The summed E-state index contributed by atoms with van der Waals surface area (Å²) in [6.07, 6.45) is 3.30. The summed E-state index contributed by atoms with van der Waals surface area (Å²) in [5.74, 6) is -3.13. The monoisotopic (exact) mass is 496 g/mol. The summed E-state index contributed by atoms with van der Waals surface area (Å²) in [7, 11) is 0. The Labute approximate surface area is 214 Å². The summed E-state index contributed by atoms with van der Waals surface area (Å²) in [5.41, 5.74) is 2.77. The van der Waals surface area contributed by atoms with Crippen molar-refractivity contribution in [3.63, 3.8) is 0 Å². The molecule has 2 heterocycles. The molecule has 1 aliphatic carbocycles. The molecule has 3 atom stereocenters. The molecule has 0 spiro atoms. The lowest BCUT2D eigenvalue weighted by atomic mass is 9.77. The van der Waals surface area contributed by atoms with E-state index in [0.29, 0.717) is 36.9 Å². The molecule has 7 heteroatoms. The van der Waals surface area contributed by atoms with Gasteiger partial charge in [0.05, 0.1) is 35.5 Å². The summed E-state index contributed by atoms with van der Waals surface area (Å²) in [5, 5.41) is 11.4. The minimum Gasteiger partial charge on any atom is -0.481 e. The zero-order valence-electron chi connectivity index (χ0n) is 20.4. The Morgan fingerprint density at radius 3 is 2.41 bits per heavy atom. The Morgan fingerprint density at radius 1 is 0.865 bits per heavy atom. The predicted octanol–water partition coefficient (Wildman–Crippen LogP) is 4.45. The lowest BCUT2D eigenvalue weighted by molar-refractivity contribution is -0.153. The van der Waals surface area contributed by atoms with Crippen LogP contribution in [0.4, 0.5) is 0 Å². The van der Waals surface area contributed by atoms with Gasteiger partial charge in [-0.3, -0.25) is 24.1 Å². The molecular formula is C30H28N2O5. The quantitative estimate of drug-likeness (QED) is 0.539. The molecule has 0 aromatic heterocycles. The number of aliphatic carboxylic acids is 1. The van der Waals surface area contributed by atoms with Crippen molar-refractivity contribution in [2.45, 2.75) is 38.1 Å². The van der Waals surface area contributed by atoms with Crippen molar-refractivity contribution in [3.8, 4) is 0 Å². The highest BCUT2D eigenvalue weighted by Gasteiger charge is 2.44. The Morgan fingerprint density at radius 2 is 1.59 bits per heavy atom. The zero-order chi connectivity index (χ0) is 25.7. The molecule has 0 radical (unpaired) electrons. The van der Waals surface area contributed by atoms with Gasteiger partial charge >= 0.3 is 5.97 Å². The van der Waals surface area contributed by atoms with Crippen LogP contribution in [0, 0.1) is 11.8 Å². The number of carbonyl (C=O) groups excluding carboxylic acids is 3. The van der Waals surface area contributed by atoms with E-state index < -0.39 is 23.8 Å². The van der Waals surface area contributed by atoms with Crippen LogP contribution >= 0.6 is 0 Å². The highest BCUT2D eigenvalue weighted by atomic mass is 16.4. The summed E-state index contributed by atoms with van der Waals surface area (Å²) < 4.78 is 0. The van der Waals surface area contributed by atoms with Crippen molar-refractivity contribution >= 4 is 34.5 Å². The molecule has 3 aromatic rings. The van der Waals surface area contributed by atoms with Crippen LogP contribution in [0.3, 0.4) is 0 Å². The molecule has 6 rings (SSSR count). The van der Waals surface area contributed by atoms with Gasteiger partial charge in [0.2, 0.25) is 5.91 Å². The number of hydrogen-bond acceptors (Lipinski definition) is 4. The third-order valence-corrected chi connectivity index (χ3v) is 8.31. The maximum Gasteiger partial charge on any atom is 0.307 e. The van der Waals surface area contributed by atoms with Gasteiger partial charge in [-0.25, -0.2) is 0 Å². The molecule has 3 aliphatic rings. The van der Waals surface area contributed by atoms with Crippen LogP contribution in [0.2, 0.25) is 0 Å². The molecule has 3 amide bonds. The molecule has 1 fully saturated rings. The minimum absolute atomic E-state index is 0.0356. The van der Waals surface area contributed by atoms with Gasteiger partial charge in [-0.15, -0.1) is 0 Å². The average Bonchev–Trinajstić information content (AvgIpc) is 3.17. The molecule has 1 saturated carbocycles. The van der Waals surface area contributed by atoms with E-state index in [0.717, 1.165) is 34.7 Å². The van der Waals surface area contributed by atoms with Gasteiger partial charge in [-0.2, -0.15) is 0 Å². The molecular weight excluding hydrogens is 468 g/mol. The van der Waals surface area contributed by atoms with Crippen LogP contribution in [0.25, 0.3) is 10.8 Å². The van der Waals surface area contributed by atoms with Crippen molar-refractivity contribution in [2.24, 2.45) is 11.8 Å². The highest BCUT2D eigenvalue weighted by Crippen LogP contribution is 2.39. The number of imide groups is 1. The van der Waals surface area contributed by atoms with Gasteiger partial charge in [0.15, 0.2) is 0 Å². The zero-order valence-corrected chi connectivity index (χ0v) is 20.4. The Balaban J connectivity index is 1.37. The van der Waals surface area contributed by atoms with Gasteiger partial charge in [0.25, 0.3) is 11.8 Å².